The van der Waals surface area contributed by atoms with E-state index in [-0.39, 0.29) is 27.6 Å². The summed E-state index contributed by atoms with van der Waals surface area (Å²) in [6.45, 7) is 7.65. The highest BCUT2D eigenvalue weighted by atomic mass is 32.2. The number of hydrogen-bond acceptors (Lipinski definition) is 6. The second-order valence-electron chi connectivity index (χ2n) is 8.54. The van der Waals surface area contributed by atoms with Crippen molar-refractivity contribution >= 4 is 51.8 Å². The van der Waals surface area contributed by atoms with E-state index in [4.69, 9.17) is 0 Å². The van der Waals surface area contributed by atoms with Gasteiger partial charge in [-0.05, 0) is 48.7 Å². The van der Waals surface area contributed by atoms with E-state index in [2.05, 4.69) is 16.8 Å². The fourth-order valence-corrected chi connectivity index (χ4v) is 5.06. The first-order valence-electron chi connectivity index (χ1n) is 11.6. The van der Waals surface area contributed by atoms with Gasteiger partial charge in [0.1, 0.15) is 23.3 Å². The van der Waals surface area contributed by atoms with Crippen LogP contribution in [0.5, 0.6) is 0 Å². The Morgan fingerprint density at radius 1 is 0.947 bits per heavy atom. The van der Waals surface area contributed by atoms with Crippen molar-refractivity contribution < 1.29 is 25.9 Å². The monoisotopic (exact) mass is 553 g/mol. The molecule has 0 saturated heterocycles. The summed E-state index contributed by atoms with van der Waals surface area (Å²) in [6, 6.07) is 8.68. The smallest absolute Gasteiger partial charge is 0.282 e. The second kappa shape index (κ2) is 11.9. The predicted octanol–water partition coefficient (Wildman–Crippen LogP) is 3.46. The van der Waals surface area contributed by atoms with Crippen molar-refractivity contribution in [2.45, 2.75) is 36.0 Å². The quantitative estimate of drug-likeness (QED) is 0.168. The van der Waals surface area contributed by atoms with Crippen LogP contribution in [0.1, 0.15) is 48.7 Å². The normalized spacial score (nSPS) is 13.6. The average Bonchev–Trinajstić information content (AvgIpc) is 3.28. The fraction of sp³-hybridized carbons (Fsp3) is 0.154. The van der Waals surface area contributed by atoms with Crippen LogP contribution in [0.15, 0.2) is 77.1 Å². The molecule has 2 aromatic carbocycles. The Morgan fingerprint density at radius 3 is 2.13 bits per heavy atom. The molecule has 1 atom stereocenters. The van der Waals surface area contributed by atoms with Crippen molar-refractivity contribution in [1.82, 2.24) is 15.0 Å². The number of nitrogens with zero attached hydrogens (tertiary/aromatic N) is 3. The molecule has 0 radical (unpaired) electrons. The summed E-state index contributed by atoms with van der Waals surface area (Å²) in [4.78, 5) is 0.537. The van der Waals surface area contributed by atoms with E-state index >= 15 is 0 Å². The molecule has 0 spiro atoms. The number of benzene rings is 2. The Bertz CT molecular complexity index is 1660. The van der Waals surface area contributed by atoms with Crippen LogP contribution in [0.25, 0.3) is 23.9 Å². The highest BCUT2D eigenvalue weighted by Gasteiger charge is 2.19. The van der Waals surface area contributed by atoms with Gasteiger partial charge < -0.3 is 0 Å². The van der Waals surface area contributed by atoms with Gasteiger partial charge in [-0.25, -0.2) is 0 Å². The maximum Gasteiger partial charge on any atom is 0.295 e. The SMILES string of the molecule is Bc1ccc(/C=C/c2ccc(-n3nc(/C=C\C/C=C\C)c(C(C)C=C)n3)cc2S(=O)(=O)O)c(S(=O)(=O)O)c1. The standard InChI is InChI=1S/C26H28BN3O6S2/c1-4-6-7-8-9-23-26(18(3)5-2)29-30(28-23)22-15-13-20(25(17-22)38(34,35)36)11-10-19-12-14-21(27)16-24(19)37(31,32)33/h4-6,8-18H,2,7,27H2,1,3H3,(H,31,32,33)(H,34,35,36)/b6-4-,9-8-,11-10+. The lowest BCUT2D eigenvalue weighted by molar-refractivity contribution is 0.480. The van der Waals surface area contributed by atoms with Crippen LogP contribution < -0.4 is 5.46 Å². The summed E-state index contributed by atoms with van der Waals surface area (Å²) in [5, 5.41) is 9.02. The zero-order chi connectivity index (χ0) is 28.1. The summed E-state index contributed by atoms with van der Waals surface area (Å²) in [6.07, 6.45) is 12.8. The number of aromatic nitrogens is 3. The Balaban J connectivity index is 2.09. The largest absolute Gasteiger partial charge is 0.295 e. The number of allylic oxidation sites excluding steroid dienone is 4. The van der Waals surface area contributed by atoms with Gasteiger partial charge in [0, 0.05) is 5.92 Å². The lowest BCUT2D eigenvalue weighted by Gasteiger charge is -2.08. The third-order valence-electron chi connectivity index (χ3n) is 5.63. The van der Waals surface area contributed by atoms with Gasteiger partial charge in [-0.2, -0.15) is 26.7 Å². The van der Waals surface area contributed by atoms with Crippen molar-refractivity contribution in [2.75, 3.05) is 0 Å². The van der Waals surface area contributed by atoms with Crippen LogP contribution in [-0.4, -0.2) is 48.8 Å². The van der Waals surface area contributed by atoms with Crippen molar-refractivity contribution in [3.63, 3.8) is 0 Å². The highest BCUT2D eigenvalue weighted by Crippen LogP contribution is 2.25. The molecule has 38 heavy (non-hydrogen) atoms. The molecule has 3 rings (SSSR count). The van der Waals surface area contributed by atoms with Gasteiger partial charge in [-0.3, -0.25) is 9.11 Å². The van der Waals surface area contributed by atoms with Crippen molar-refractivity contribution in [3.05, 3.63) is 89.8 Å². The van der Waals surface area contributed by atoms with Crippen molar-refractivity contribution in [2.24, 2.45) is 0 Å². The Labute approximate surface area is 223 Å². The molecule has 0 aliphatic rings. The predicted molar refractivity (Wildman–Crippen MR) is 152 cm³/mol. The average molecular weight is 553 g/mol. The molecule has 2 N–H and O–H groups in total. The van der Waals surface area contributed by atoms with Crippen LogP contribution in [0.4, 0.5) is 0 Å². The van der Waals surface area contributed by atoms with Crippen LogP contribution in [-0.2, 0) is 20.2 Å². The van der Waals surface area contributed by atoms with E-state index in [1.165, 1.54) is 41.2 Å². The van der Waals surface area contributed by atoms with E-state index in [0.29, 0.717) is 23.3 Å². The molecule has 198 valence electrons. The zero-order valence-corrected chi connectivity index (χ0v) is 22.8. The van der Waals surface area contributed by atoms with Crippen LogP contribution in [0.2, 0.25) is 0 Å². The van der Waals surface area contributed by atoms with Gasteiger partial charge in [0.25, 0.3) is 20.2 Å². The number of hydrogen-bond donors (Lipinski definition) is 2. The van der Waals surface area contributed by atoms with Crippen molar-refractivity contribution in [3.8, 4) is 5.69 Å². The zero-order valence-electron chi connectivity index (χ0n) is 21.2. The van der Waals surface area contributed by atoms with E-state index in [1.807, 2.05) is 38.2 Å². The van der Waals surface area contributed by atoms with Gasteiger partial charge in [-0.15, -0.1) is 11.7 Å². The highest BCUT2D eigenvalue weighted by molar-refractivity contribution is 7.86. The summed E-state index contributed by atoms with van der Waals surface area (Å²) in [7, 11) is -7.53. The third kappa shape index (κ3) is 7.04. The molecule has 1 unspecified atom stereocenters. The molecule has 9 nitrogen and oxygen atoms in total. The molecular weight excluding hydrogens is 525 g/mol. The summed E-state index contributed by atoms with van der Waals surface area (Å²) >= 11 is 0. The lowest BCUT2D eigenvalue weighted by atomic mass is 9.95. The molecule has 1 heterocycles. The van der Waals surface area contributed by atoms with E-state index < -0.39 is 25.1 Å². The first-order chi connectivity index (χ1) is 17.8. The third-order valence-corrected chi connectivity index (χ3v) is 7.45. The molecule has 0 amide bonds. The first-order valence-corrected chi connectivity index (χ1v) is 14.5. The van der Waals surface area contributed by atoms with Gasteiger partial charge in [0.2, 0.25) is 0 Å². The minimum absolute atomic E-state index is 0.0939. The Kier molecular flexibility index (Phi) is 9.05. The van der Waals surface area contributed by atoms with Crippen molar-refractivity contribution in [1.29, 1.82) is 0 Å². The maximum atomic E-state index is 12.3. The maximum absolute atomic E-state index is 12.3. The molecule has 0 fully saturated rings. The van der Waals surface area contributed by atoms with Gasteiger partial charge in [-0.1, -0.05) is 67.0 Å². The van der Waals surface area contributed by atoms with Gasteiger partial charge in [0.05, 0.1) is 11.4 Å². The van der Waals surface area contributed by atoms with Crippen LogP contribution >= 0.6 is 0 Å². The summed E-state index contributed by atoms with van der Waals surface area (Å²) in [5.41, 5.74) is 2.38. The minimum Gasteiger partial charge on any atom is -0.282 e. The summed E-state index contributed by atoms with van der Waals surface area (Å²) in [5.74, 6) is -0.125. The second-order valence-corrected chi connectivity index (χ2v) is 11.3. The Hall–Kier alpha value is -3.58. The molecule has 1 aromatic heterocycles. The molecule has 0 saturated carbocycles. The molecular formula is C26H28BN3O6S2. The molecule has 0 bridgehead atoms. The molecule has 0 aliphatic heterocycles. The molecule has 12 heteroatoms. The molecule has 3 aromatic rings. The minimum atomic E-state index is -4.68. The number of rotatable bonds is 10. The topological polar surface area (TPSA) is 139 Å². The van der Waals surface area contributed by atoms with E-state index in [1.54, 1.807) is 26.1 Å². The van der Waals surface area contributed by atoms with E-state index in [0.717, 1.165) is 0 Å². The first kappa shape index (κ1) is 29.0. The Morgan fingerprint density at radius 2 is 1.55 bits per heavy atom. The fourth-order valence-electron chi connectivity index (χ4n) is 3.58. The van der Waals surface area contributed by atoms with Crippen LogP contribution in [0.3, 0.4) is 0 Å². The van der Waals surface area contributed by atoms with Gasteiger partial charge >= 0.3 is 0 Å². The van der Waals surface area contributed by atoms with Crippen LogP contribution in [0, 0.1) is 0 Å². The lowest BCUT2D eigenvalue weighted by Crippen LogP contribution is -2.09. The summed E-state index contributed by atoms with van der Waals surface area (Å²) < 4.78 is 67.6. The molecule has 0 aliphatic carbocycles. The van der Waals surface area contributed by atoms with E-state index in [9.17, 15) is 25.9 Å². The van der Waals surface area contributed by atoms with Gasteiger partial charge in [0.15, 0.2) is 0 Å².